The van der Waals surface area contributed by atoms with Crippen LogP contribution in [-0.2, 0) is 14.4 Å². The van der Waals surface area contributed by atoms with Gasteiger partial charge in [-0.15, -0.1) is 24.9 Å². The molecule has 3 heterocycles. The molecule has 0 radical (unpaired) electrons. The summed E-state index contributed by atoms with van der Waals surface area (Å²) in [5.74, 6) is -1.56. The number of aliphatic hydroxyl groups excluding tert-OH is 1. The minimum Gasteiger partial charge on any atom is -0.396 e. The van der Waals surface area contributed by atoms with Gasteiger partial charge in [-0.2, -0.15) is 0 Å². The molecular formula is C30H40ClN3O4S. The molecule has 7 nitrogen and oxygen atoms in total. The van der Waals surface area contributed by atoms with Gasteiger partial charge in [-0.25, -0.2) is 0 Å². The molecule has 3 aliphatic rings. The van der Waals surface area contributed by atoms with Gasteiger partial charge >= 0.3 is 0 Å². The van der Waals surface area contributed by atoms with E-state index in [0.29, 0.717) is 36.6 Å². The van der Waals surface area contributed by atoms with Gasteiger partial charge in [0.05, 0.1) is 27.3 Å². The molecule has 3 fully saturated rings. The minimum absolute atomic E-state index is 0.0354. The number of aryl methyl sites for hydroxylation is 1. The number of para-hydroxylation sites is 1. The van der Waals surface area contributed by atoms with Crippen LogP contribution in [0.15, 0.2) is 43.5 Å². The fourth-order valence-corrected chi connectivity index (χ4v) is 9.68. The molecule has 39 heavy (non-hydrogen) atoms. The number of fused-ring (bicyclic) bond motifs is 1. The quantitative estimate of drug-likeness (QED) is 0.374. The van der Waals surface area contributed by atoms with Crippen molar-refractivity contribution in [2.45, 2.75) is 62.0 Å². The molecular weight excluding hydrogens is 534 g/mol. The molecule has 1 aromatic rings. The van der Waals surface area contributed by atoms with Gasteiger partial charge < -0.3 is 19.8 Å². The van der Waals surface area contributed by atoms with Crippen LogP contribution in [0.1, 0.15) is 45.1 Å². The average molecular weight is 574 g/mol. The Kier molecular flexibility index (Phi) is 8.89. The van der Waals surface area contributed by atoms with Gasteiger partial charge in [0.2, 0.25) is 11.8 Å². The van der Waals surface area contributed by atoms with Crippen LogP contribution in [0, 0.1) is 18.8 Å². The van der Waals surface area contributed by atoms with Crippen LogP contribution in [0.3, 0.4) is 0 Å². The van der Waals surface area contributed by atoms with Crippen LogP contribution in [0.5, 0.6) is 0 Å². The summed E-state index contributed by atoms with van der Waals surface area (Å²) < 4.78 is -1.19. The molecule has 212 valence electrons. The van der Waals surface area contributed by atoms with Crippen LogP contribution in [-0.4, -0.2) is 80.9 Å². The van der Waals surface area contributed by atoms with Crippen molar-refractivity contribution in [3.05, 3.63) is 54.1 Å². The molecule has 3 aliphatic heterocycles. The molecule has 1 spiro atoms. The SMILES string of the molecule is C=CCN(CCC)C(=O)[C@H]1[C@H]2C(=O)N(CCCO)C(C(=O)N(CC=C)c3c(C)cccc3Cl)C23CC[C@]1(C)S3. The predicted octanol–water partition coefficient (Wildman–Crippen LogP) is 4.46. The van der Waals surface area contributed by atoms with Crippen molar-refractivity contribution in [1.82, 2.24) is 9.80 Å². The summed E-state index contributed by atoms with van der Waals surface area (Å²) in [5.41, 5.74) is 1.45. The summed E-state index contributed by atoms with van der Waals surface area (Å²) in [6, 6.07) is 4.73. The number of carbonyl (C=O) groups is 3. The number of benzene rings is 1. The standard InChI is InChI=1S/C30H40ClN3O4S/c1-6-15-32(16-7-2)26(36)22-23-27(37)34(18-10-19-35)25(30(23)14-13-29(22,5)39-30)28(38)33(17-8-3)24-20(4)11-9-12-21(24)31/h6,8-9,11-12,22-23,25,35H,1,3,7,10,13-19H2,2,4-5H3/t22-,23+,25?,29+,30?/m1/s1. The molecule has 0 saturated carbocycles. The normalized spacial score (nSPS) is 28.9. The number of hydrogen-bond donors (Lipinski definition) is 1. The highest BCUT2D eigenvalue weighted by Crippen LogP contribution is 2.71. The highest BCUT2D eigenvalue weighted by Gasteiger charge is 2.77. The summed E-state index contributed by atoms with van der Waals surface area (Å²) in [4.78, 5) is 48.1. The number of amides is 3. The zero-order valence-electron chi connectivity index (χ0n) is 23.2. The van der Waals surface area contributed by atoms with Crippen LogP contribution < -0.4 is 4.90 Å². The first-order chi connectivity index (χ1) is 18.6. The van der Waals surface area contributed by atoms with Gasteiger partial charge in [-0.1, -0.05) is 42.8 Å². The lowest BCUT2D eigenvalue weighted by Crippen LogP contribution is -2.55. The van der Waals surface area contributed by atoms with E-state index in [1.807, 2.05) is 26.0 Å². The topological polar surface area (TPSA) is 81.2 Å². The van der Waals surface area contributed by atoms with Gasteiger partial charge in [-0.3, -0.25) is 14.4 Å². The largest absolute Gasteiger partial charge is 0.396 e. The van der Waals surface area contributed by atoms with Crippen molar-refractivity contribution in [3.8, 4) is 0 Å². The first-order valence-corrected chi connectivity index (χ1v) is 15.0. The summed E-state index contributed by atoms with van der Waals surface area (Å²) in [7, 11) is 0. The molecule has 2 bridgehead atoms. The van der Waals surface area contributed by atoms with E-state index in [9.17, 15) is 19.5 Å². The van der Waals surface area contributed by atoms with Crippen molar-refractivity contribution in [3.63, 3.8) is 0 Å². The number of nitrogens with zero attached hydrogens (tertiary/aromatic N) is 3. The fourth-order valence-electron chi connectivity index (χ4n) is 7.01. The van der Waals surface area contributed by atoms with E-state index in [-0.39, 0.29) is 37.4 Å². The summed E-state index contributed by atoms with van der Waals surface area (Å²) in [6.45, 7) is 15.1. The highest BCUT2D eigenvalue weighted by atomic mass is 35.5. The summed E-state index contributed by atoms with van der Waals surface area (Å²) in [5, 5.41) is 10.1. The number of aliphatic hydroxyl groups is 1. The first kappa shape index (κ1) is 29.7. The van der Waals surface area contributed by atoms with Gasteiger partial charge in [0.1, 0.15) is 6.04 Å². The molecule has 1 N–H and O–H groups in total. The Morgan fingerprint density at radius 3 is 2.56 bits per heavy atom. The maximum absolute atomic E-state index is 14.6. The number of rotatable bonds is 12. The van der Waals surface area contributed by atoms with Crippen molar-refractivity contribution in [1.29, 1.82) is 0 Å². The van der Waals surface area contributed by atoms with Gasteiger partial charge in [-0.05, 0) is 51.2 Å². The van der Waals surface area contributed by atoms with E-state index in [2.05, 4.69) is 20.1 Å². The predicted molar refractivity (Wildman–Crippen MR) is 158 cm³/mol. The van der Waals surface area contributed by atoms with Crippen molar-refractivity contribution >= 4 is 46.8 Å². The second-order valence-corrected chi connectivity index (χ2v) is 13.4. The number of hydrogen-bond acceptors (Lipinski definition) is 5. The van der Waals surface area contributed by atoms with Crippen LogP contribution >= 0.6 is 23.4 Å². The van der Waals surface area contributed by atoms with E-state index >= 15 is 0 Å². The third kappa shape index (κ3) is 4.82. The molecule has 4 rings (SSSR count). The van der Waals surface area contributed by atoms with Crippen molar-refractivity contribution < 1.29 is 19.5 Å². The molecule has 5 atom stereocenters. The maximum atomic E-state index is 14.6. The molecule has 0 aromatic heterocycles. The average Bonchev–Trinajstić information content (AvgIpc) is 3.46. The smallest absolute Gasteiger partial charge is 0.251 e. The van der Waals surface area contributed by atoms with Gasteiger partial charge in [0.15, 0.2) is 0 Å². The van der Waals surface area contributed by atoms with Crippen LogP contribution in [0.2, 0.25) is 5.02 Å². The maximum Gasteiger partial charge on any atom is 0.251 e. The lowest BCUT2D eigenvalue weighted by Gasteiger charge is -2.38. The fraction of sp³-hybridized carbons (Fsp3) is 0.567. The number of carbonyl (C=O) groups excluding carboxylic acids is 3. The van der Waals surface area contributed by atoms with Crippen LogP contribution in [0.4, 0.5) is 5.69 Å². The van der Waals surface area contributed by atoms with Gasteiger partial charge in [0.25, 0.3) is 5.91 Å². The lowest BCUT2D eigenvalue weighted by molar-refractivity contribution is -0.145. The lowest BCUT2D eigenvalue weighted by atomic mass is 9.66. The second-order valence-electron chi connectivity index (χ2n) is 11.1. The molecule has 1 aromatic carbocycles. The number of halogens is 1. The Bertz CT molecular complexity index is 1140. The van der Waals surface area contributed by atoms with E-state index in [1.54, 1.807) is 44.7 Å². The van der Waals surface area contributed by atoms with Crippen molar-refractivity contribution in [2.75, 3.05) is 37.7 Å². The number of thioether (sulfide) groups is 1. The second kappa shape index (κ2) is 11.7. The molecule has 0 aliphatic carbocycles. The van der Waals surface area contributed by atoms with E-state index in [0.717, 1.165) is 18.4 Å². The highest BCUT2D eigenvalue weighted by molar-refractivity contribution is 8.02. The third-order valence-corrected chi connectivity index (χ3v) is 10.8. The Labute approximate surface area is 241 Å². The zero-order valence-corrected chi connectivity index (χ0v) is 24.8. The molecule has 3 saturated heterocycles. The molecule has 2 unspecified atom stereocenters. The monoisotopic (exact) mass is 573 g/mol. The Morgan fingerprint density at radius 2 is 1.95 bits per heavy atom. The van der Waals surface area contributed by atoms with Crippen molar-refractivity contribution in [2.24, 2.45) is 11.8 Å². The Balaban J connectivity index is 1.82. The third-order valence-electron chi connectivity index (χ3n) is 8.52. The van der Waals surface area contributed by atoms with E-state index < -0.39 is 27.4 Å². The summed E-state index contributed by atoms with van der Waals surface area (Å²) in [6.07, 6.45) is 5.95. The van der Waals surface area contributed by atoms with Crippen LogP contribution in [0.25, 0.3) is 0 Å². The van der Waals surface area contributed by atoms with E-state index in [1.165, 1.54) is 0 Å². The number of anilines is 1. The zero-order chi connectivity index (χ0) is 28.5. The Hall–Kier alpha value is -2.29. The first-order valence-electron chi connectivity index (χ1n) is 13.8. The van der Waals surface area contributed by atoms with Gasteiger partial charge in [0, 0.05) is 37.5 Å². The molecule has 9 heteroatoms. The number of likely N-dealkylation sites (tertiary alicyclic amines) is 1. The molecule has 3 amide bonds. The summed E-state index contributed by atoms with van der Waals surface area (Å²) >= 11 is 8.28. The Morgan fingerprint density at radius 1 is 1.23 bits per heavy atom. The van der Waals surface area contributed by atoms with E-state index in [4.69, 9.17) is 11.6 Å². The minimum atomic E-state index is -0.777.